The Morgan fingerprint density at radius 3 is 2.89 bits per heavy atom. The number of nitrogens with one attached hydrogen (secondary N) is 1. The Hall–Kier alpha value is -1.79. The molecule has 7 heteroatoms. The number of hydrogen-bond acceptors (Lipinski definition) is 4. The highest BCUT2D eigenvalue weighted by atomic mass is 35.5. The van der Waals surface area contributed by atoms with Gasteiger partial charge in [0.2, 0.25) is 0 Å². The van der Waals surface area contributed by atoms with Crippen molar-refractivity contribution in [2.24, 2.45) is 5.73 Å². The molecule has 0 aliphatic carbocycles. The van der Waals surface area contributed by atoms with E-state index in [-0.39, 0.29) is 4.99 Å². The zero-order valence-corrected chi connectivity index (χ0v) is 10.6. The topological polar surface area (TPSA) is 63.8 Å². The van der Waals surface area contributed by atoms with Crippen LogP contribution in [0.5, 0.6) is 0 Å². The molecule has 0 amide bonds. The van der Waals surface area contributed by atoms with Gasteiger partial charge in [-0.25, -0.2) is 4.39 Å². The largest absolute Gasteiger partial charge is 0.389 e. The third kappa shape index (κ3) is 2.72. The first-order valence-corrected chi connectivity index (χ1v) is 5.70. The number of benzene rings is 1. The zero-order valence-electron chi connectivity index (χ0n) is 9.02. The Balaban J connectivity index is 2.40. The lowest BCUT2D eigenvalue weighted by molar-refractivity contribution is 0.628. The third-order valence-corrected chi connectivity index (χ3v) is 2.72. The van der Waals surface area contributed by atoms with Gasteiger partial charge in [0.25, 0.3) is 0 Å². The van der Waals surface area contributed by atoms with Crippen molar-refractivity contribution in [2.45, 2.75) is 0 Å². The summed E-state index contributed by atoms with van der Waals surface area (Å²) in [5.74, 6) is -0.0832. The SMILES string of the molecule is NC(=S)c1ccnnc1Nc1cc(F)ccc1Cl. The third-order valence-electron chi connectivity index (χ3n) is 2.17. The molecule has 0 aliphatic rings. The molecule has 0 radical (unpaired) electrons. The van der Waals surface area contributed by atoms with E-state index in [0.717, 1.165) is 0 Å². The molecule has 0 atom stereocenters. The van der Waals surface area contributed by atoms with Crippen LogP contribution in [0.4, 0.5) is 15.9 Å². The number of anilines is 2. The van der Waals surface area contributed by atoms with Gasteiger partial charge in [0.1, 0.15) is 10.8 Å². The molecule has 2 rings (SSSR count). The second-order valence-electron chi connectivity index (χ2n) is 3.41. The predicted molar refractivity (Wildman–Crippen MR) is 72.6 cm³/mol. The van der Waals surface area contributed by atoms with E-state index in [1.807, 2.05) is 0 Å². The van der Waals surface area contributed by atoms with Gasteiger partial charge in [0.05, 0.1) is 22.5 Å². The molecule has 1 aromatic carbocycles. The minimum Gasteiger partial charge on any atom is -0.389 e. The van der Waals surface area contributed by atoms with Gasteiger partial charge in [-0.3, -0.25) is 0 Å². The molecule has 0 saturated heterocycles. The van der Waals surface area contributed by atoms with Crippen LogP contribution in [0.2, 0.25) is 5.02 Å². The van der Waals surface area contributed by atoms with E-state index in [9.17, 15) is 4.39 Å². The van der Waals surface area contributed by atoms with E-state index in [1.165, 1.54) is 24.4 Å². The first-order valence-electron chi connectivity index (χ1n) is 4.91. The quantitative estimate of drug-likeness (QED) is 0.848. The molecule has 0 fully saturated rings. The number of aromatic nitrogens is 2. The number of hydrogen-bond donors (Lipinski definition) is 2. The summed E-state index contributed by atoms with van der Waals surface area (Å²) in [5.41, 5.74) is 6.44. The number of nitrogens with zero attached hydrogens (tertiary/aromatic N) is 2. The van der Waals surface area contributed by atoms with Crippen molar-refractivity contribution in [1.29, 1.82) is 0 Å². The van der Waals surface area contributed by atoms with E-state index in [2.05, 4.69) is 15.5 Å². The standard InChI is InChI=1S/C11H8ClFN4S/c12-8-2-1-6(13)5-9(8)16-11-7(10(14)18)3-4-15-17-11/h1-5H,(H2,14,18)(H,16,17). The van der Waals surface area contributed by atoms with Crippen LogP contribution >= 0.6 is 23.8 Å². The van der Waals surface area contributed by atoms with E-state index >= 15 is 0 Å². The van der Waals surface area contributed by atoms with Gasteiger partial charge in [-0.1, -0.05) is 23.8 Å². The van der Waals surface area contributed by atoms with Crippen molar-refractivity contribution in [3.8, 4) is 0 Å². The average molecular weight is 283 g/mol. The van der Waals surface area contributed by atoms with Crippen molar-refractivity contribution in [3.63, 3.8) is 0 Å². The summed E-state index contributed by atoms with van der Waals surface area (Å²) in [7, 11) is 0. The summed E-state index contributed by atoms with van der Waals surface area (Å²) in [6.45, 7) is 0. The van der Waals surface area contributed by atoms with Crippen molar-refractivity contribution >= 4 is 40.3 Å². The van der Waals surface area contributed by atoms with E-state index in [4.69, 9.17) is 29.6 Å². The van der Waals surface area contributed by atoms with Crippen molar-refractivity contribution < 1.29 is 4.39 Å². The molecule has 0 spiro atoms. The second kappa shape index (κ2) is 5.24. The summed E-state index contributed by atoms with van der Waals surface area (Å²) >= 11 is 10.8. The highest BCUT2D eigenvalue weighted by molar-refractivity contribution is 7.80. The molecule has 18 heavy (non-hydrogen) atoms. The molecular weight excluding hydrogens is 275 g/mol. The lowest BCUT2D eigenvalue weighted by Gasteiger charge is -2.10. The van der Waals surface area contributed by atoms with Crippen LogP contribution in [0.15, 0.2) is 30.5 Å². The van der Waals surface area contributed by atoms with Crippen LogP contribution < -0.4 is 11.1 Å². The summed E-state index contributed by atoms with van der Waals surface area (Å²) in [4.78, 5) is 0.167. The molecular formula is C11H8ClFN4S. The Kier molecular flexibility index (Phi) is 3.69. The van der Waals surface area contributed by atoms with Crippen LogP contribution in [-0.4, -0.2) is 15.2 Å². The van der Waals surface area contributed by atoms with Crippen LogP contribution in [0.25, 0.3) is 0 Å². The summed E-state index contributed by atoms with van der Waals surface area (Å²) in [5, 5.41) is 10.8. The maximum atomic E-state index is 13.1. The van der Waals surface area contributed by atoms with Gasteiger partial charge in [0.15, 0.2) is 5.82 Å². The fraction of sp³-hybridized carbons (Fsp3) is 0. The van der Waals surface area contributed by atoms with Gasteiger partial charge in [-0.05, 0) is 24.3 Å². The number of thiocarbonyl (C=S) groups is 1. The summed E-state index contributed by atoms with van der Waals surface area (Å²) < 4.78 is 13.1. The summed E-state index contributed by atoms with van der Waals surface area (Å²) in [6, 6.07) is 5.57. The molecule has 92 valence electrons. The van der Waals surface area contributed by atoms with Crippen LogP contribution in [-0.2, 0) is 0 Å². The van der Waals surface area contributed by atoms with Crippen LogP contribution in [0, 0.1) is 5.82 Å². The zero-order chi connectivity index (χ0) is 13.1. The normalized spacial score (nSPS) is 10.1. The maximum Gasteiger partial charge on any atom is 0.163 e. The van der Waals surface area contributed by atoms with Gasteiger partial charge in [-0.2, -0.15) is 5.10 Å². The first-order chi connectivity index (χ1) is 8.58. The monoisotopic (exact) mass is 282 g/mol. The number of halogens is 2. The molecule has 4 nitrogen and oxygen atoms in total. The highest BCUT2D eigenvalue weighted by Crippen LogP contribution is 2.26. The minimum absolute atomic E-state index is 0.167. The van der Waals surface area contributed by atoms with E-state index in [1.54, 1.807) is 6.07 Å². The van der Waals surface area contributed by atoms with Crippen molar-refractivity contribution in [2.75, 3.05) is 5.32 Å². The number of nitrogens with two attached hydrogens (primary N) is 1. The second-order valence-corrected chi connectivity index (χ2v) is 4.25. The fourth-order valence-electron chi connectivity index (χ4n) is 1.34. The Morgan fingerprint density at radius 2 is 2.17 bits per heavy atom. The molecule has 0 saturated carbocycles. The lowest BCUT2D eigenvalue weighted by atomic mass is 10.2. The maximum absolute atomic E-state index is 13.1. The molecule has 0 aliphatic heterocycles. The Morgan fingerprint density at radius 1 is 1.39 bits per heavy atom. The highest BCUT2D eigenvalue weighted by Gasteiger charge is 2.09. The first kappa shape index (κ1) is 12.7. The van der Waals surface area contributed by atoms with Gasteiger partial charge in [0, 0.05) is 0 Å². The van der Waals surface area contributed by atoms with Gasteiger partial charge >= 0.3 is 0 Å². The van der Waals surface area contributed by atoms with Crippen LogP contribution in [0.1, 0.15) is 5.56 Å². The predicted octanol–water partition coefficient (Wildman–Crippen LogP) is 2.65. The van der Waals surface area contributed by atoms with Crippen molar-refractivity contribution in [1.82, 2.24) is 10.2 Å². The van der Waals surface area contributed by atoms with E-state index in [0.29, 0.717) is 22.1 Å². The smallest absolute Gasteiger partial charge is 0.163 e. The van der Waals surface area contributed by atoms with Crippen molar-refractivity contribution in [3.05, 3.63) is 46.9 Å². The molecule has 0 bridgehead atoms. The van der Waals surface area contributed by atoms with E-state index < -0.39 is 5.82 Å². The van der Waals surface area contributed by atoms with Gasteiger partial charge in [-0.15, -0.1) is 5.10 Å². The number of rotatable bonds is 3. The Labute approximate surface area is 113 Å². The molecule has 1 heterocycles. The average Bonchev–Trinajstić information content (AvgIpc) is 2.34. The minimum atomic E-state index is -0.414. The summed E-state index contributed by atoms with van der Waals surface area (Å²) in [6.07, 6.45) is 1.47. The Bertz CT molecular complexity index is 605. The molecule has 0 unspecified atom stereocenters. The molecule has 1 aromatic heterocycles. The van der Waals surface area contributed by atoms with Crippen LogP contribution in [0.3, 0.4) is 0 Å². The fourth-order valence-corrected chi connectivity index (χ4v) is 1.67. The lowest BCUT2D eigenvalue weighted by Crippen LogP contribution is -2.13. The molecule has 3 N–H and O–H groups in total. The van der Waals surface area contributed by atoms with Gasteiger partial charge < -0.3 is 11.1 Å². The molecule has 2 aromatic rings.